The van der Waals surface area contributed by atoms with E-state index in [1.807, 2.05) is 0 Å². The summed E-state index contributed by atoms with van der Waals surface area (Å²) in [4.78, 5) is 37.5. The largest absolute Gasteiger partial charge is 0.451 e. The first-order valence-corrected chi connectivity index (χ1v) is 6.69. The Morgan fingerprint density at radius 1 is 1.33 bits per heavy atom. The fraction of sp³-hybridized carbons (Fsp3) is 0.267. The highest BCUT2D eigenvalue weighted by Gasteiger charge is 2.31. The minimum atomic E-state index is -0.581. The Morgan fingerprint density at radius 2 is 2.10 bits per heavy atom. The molecule has 2 heterocycles. The molecule has 1 fully saturated rings. The number of fused-ring (bicyclic) bond motifs is 1. The fourth-order valence-corrected chi connectivity index (χ4v) is 2.41. The van der Waals surface area contributed by atoms with Gasteiger partial charge >= 0.3 is 0 Å². The molecule has 6 heteroatoms. The molecule has 2 aromatic rings. The summed E-state index contributed by atoms with van der Waals surface area (Å²) in [7, 11) is 0. The van der Waals surface area contributed by atoms with Crippen molar-refractivity contribution >= 4 is 22.8 Å². The van der Waals surface area contributed by atoms with Crippen molar-refractivity contribution < 1.29 is 14.0 Å². The Balaban J connectivity index is 2.02. The van der Waals surface area contributed by atoms with Crippen LogP contribution >= 0.6 is 0 Å². The van der Waals surface area contributed by atoms with E-state index in [1.54, 1.807) is 31.2 Å². The monoisotopic (exact) mass is 286 g/mol. The smallest absolute Gasteiger partial charge is 0.290 e. The van der Waals surface area contributed by atoms with Gasteiger partial charge in [-0.25, -0.2) is 0 Å². The van der Waals surface area contributed by atoms with Crippen LogP contribution in [0.25, 0.3) is 11.0 Å². The lowest BCUT2D eigenvalue weighted by Crippen LogP contribution is -2.55. The van der Waals surface area contributed by atoms with E-state index in [1.165, 1.54) is 11.0 Å². The van der Waals surface area contributed by atoms with Crippen molar-refractivity contribution in [1.29, 1.82) is 0 Å². The van der Waals surface area contributed by atoms with Gasteiger partial charge in [0.15, 0.2) is 11.2 Å². The Hall–Kier alpha value is -2.63. The minimum Gasteiger partial charge on any atom is -0.451 e. The lowest BCUT2D eigenvalue weighted by Gasteiger charge is -2.32. The van der Waals surface area contributed by atoms with E-state index >= 15 is 0 Å². The van der Waals surface area contributed by atoms with E-state index < -0.39 is 11.9 Å². The summed E-state index contributed by atoms with van der Waals surface area (Å²) in [5, 5.41) is 3.11. The molecule has 108 valence electrons. The summed E-state index contributed by atoms with van der Waals surface area (Å²) in [6, 6.07) is 7.35. The van der Waals surface area contributed by atoms with Crippen LogP contribution in [-0.4, -0.2) is 35.8 Å². The van der Waals surface area contributed by atoms with Gasteiger partial charge in [-0.2, -0.15) is 0 Å². The highest BCUT2D eigenvalue weighted by atomic mass is 16.3. The summed E-state index contributed by atoms with van der Waals surface area (Å²) < 4.78 is 5.52. The second-order valence-corrected chi connectivity index (χ2v) is 4.94. The number of rotatable bonds is 1. The van der Waals surface area contributed by atoms with E-state index in [-0.39, 0.29) is 17.1 Å². The topological polar surface area (TPSA) is 79.6 Å². The first-order valence-electron chi connectivity index (χ1n) is 6.69. The lowest BCUT2D eigenvalue weighted by molar-refractivity contribution is -0.127. The van der Waals surface area contributed by atoms with Crippen molar-refractivity contribution in [2.24, 2.45) is 0 Å². The van der Waals surface area contributed by atoms with Crippen molar-refractivity contribution in [3.63, 3.8) is 0 Å². The summed E-state index contributed by atoms with van der Waals surface area (Å²) in [6.45, 7) is 2.43. The maximum Gasteiger partial charge on any atom is 0.290 e. The molecule has 3 rings (SSSR count). The molecule has 0 radical (unpaired) electrons. The Labute approximate surface area is 120 Å². The molecule has 1 aromatic heterocycles. The van der Waals surface area contributed by atoms with Crippen molar-refractivity contribution in [3.05, 3.63) is 46.3 Å². The van der Waals surface area contributed by atoms with Crippen LogP contribution in [0.3, 0.4) is 0 Å². The quantitative estimate of drug-likeness (QED) is 0.839. The van der Waals surface area contributed by atoms with Gasteiger partial charge in [0.1, 0.15) is 11.6 Å². The number of benzene rings is 1. The van der Waals surface area contributed by atoms with Crippen LogP contribution in [0.1, 0.15) is 17.5 Å². The van der Waals surface area contributed by atoms with Crippen LogP contribution < -0.4 is 10.7 Å². The molecule has 1 unspecified atom stereocenters. The second-order valence-electron chi connectivity index (χ2n) is 4.94. The number of nitrogens with zero attached hydrogens (tertiary/aromatic N) is 1. The highest BCUT2D eigenvalue weighted by molar-refractivity contribution is 5.97. The molecular weight excluding hydrogens is 272 g/mol. The van der Waals surface area contributed by atoms with Gasteiger partial charge in [0.2, 0.25) is 5.91 Å². The number of nitrogens with one attached hydrogen (secondary N) is 1. The molecule has 2 amide bonds. The third kappa shape index (κ3) is 2.29. The third-order valence-corrected chi connectivity index (χ3v) is 3.61. The zero-order valence-electron chi connectivity index (χ0n) is 11.5. The molecule has 1 aliphatic rings. The first kappa shape index (κ1) is 13.4. The number of amides is 2. The molecule has 1 aliphatic heterocycles. The Bertz CT molecular complexity index is 781. The number of carbonyl (C=O) groups is 2. The van der Waals surface area contributed by atoms with Gasteiger partial charge in [-0.05, 0) is 19.1 Å². The molecule has 1 aromatic carbocycles. The SMILES string of the molecule is CC1C(=O)NCCN1C(=O)c1cc(=O)c2ccccc2o1. The van der Waals surface area contributed by atoms with E-state index in [9.17, 15) is 14.4 Å². The van der Waals surface area contributed by atoms with Gasteiger partial charge in [0.05, 0.1) is 5.39 Å². The molecule has 0 bridgehead atoms. The number of hydrogen-bond donors (Lipinski definition) is 1. The van der Waals surface area contributed by atoms with Crippen LogP contribution in [0, 0.1) is 0 Å². The maximum absolute atomic E-state index is 12.5. The van der Waals surface area contributed by atoms with E-state index in [0.29, 0.717) is 24.1 Å². The second kappa shape index (κ2) is 5.05. The standard InChI is InChI=1S/C15H14N2O4/c1-9-14(19)16-6-7-17(9)15(20)13-8-11(18)10-4-2-3-5-12(10)21-13/h2-5,8-9H,6-7H2,1H3,(H,16,19). The van der Waals surface area contributed by atoms with Crippen molar-refractivity contribution in [1.82, 2.24) is 10.2 Å². The molecule has 21 heavy (non-hydrogen) atoms. The zero-order valence-corrected chi connectivity index (χ0v) is 11.5. The van der Waals surface area contributed by atoms with Gasteiger partial charge in [-0.1, -0.05) is 12.1 Å². The molecule has 0 spiro atoms. The first-order chi connectivity index (χ1) is 10.1. The predicted molar refractivity (Wildman–Crippen MR) is 76.0 cm³/mol. The fourth-order valence-electron chi connectivity index (χ4n) is 2.41. The Kier molecular flexibility index (Phi) is 3.21. The average Bonchev–Trinajstić information content (AvgIpc) is 2.49. The van der Waals surface area contributed by atoms with Crippen LogP contribution in [0.5, 0.6) is 0 Å². The number of carbonyl (C=O) groups excluding carboxylic acids is 2. The molecule has 0 aliphatic carbocycles. The summed E-state index contributed by atoms with van der Waals surface area (Å²) in [5.74, 6) is -0.696. The summed E-state index contributed by atoms with van der Waals surface area (Å²) in [6.07, 6.45) is 0. The maximum atomic E-state index is 12.5. The van der Waals surface area contributed by atoms with Crippen LogP contribution in [0.2, 0.25) is 0 Å². The molecule has 0 saturated carbocycles. The zero-order chi connectivity index (χ0) is 15.0. The van der Waals surface area contributed by atoms with Crippen LogP contribution in [0.15, 0.2) is 39.5 Å². The van der Waals surface area contributed by atoms with Gasteiger partial charge < -0.3 is 14.6 Å². The number of piperazine rings is 1. The number of hydrogen-bond acceptors (Lipinski definition) is 4. The van der Waals surface area contributed by atoms with Crippen molar-refractivity contribution in [2.45, 2.75) is 13.0 Å². The number of para-hydroxylation sites is 1. The molecule has 6 nitrogen and oxygen atoms in total. The third-order valence-electron chi connectivity index (χ3n) is 3.61. The molecule has 1 saturated heterocycles. The average molecular weight is 286 g/mol. The summed E-state index contributed by atoms with van der Waals surface area (Å²) >= 11 is 0. The predicted octanol–water partition coefficient (Wildman–Crippen LogP) is 0.753. The lowest BCUT2D eigenvalue weighted by atomic mass is 10.1. The van der Waals surface area contributed by atoms with Gasteiger partial charge in [-0.3, -0.25) is 14.4 Å². The molecular formula is C15H14N2O4. The minimum absolute atomic E-state index is 0.0414. The normalized spacial score (nSPS) is 18.6. The molecule has 1 atom stereocenters. The van der Waals surface area contributed by atoms with Gasteiger partial charge in [0, 0.05) is 19.2 Å². The highest BCUT2D eigenvalue weighted by Crippen LogP contribution is 2.15. The van der Waals surface area contributed by atoms with Crippen LogP contribution in [-0.2, 0) is 4.79 Å². The van der Waals surface area contributed by atoms with Crippen LogP contribution in [0.4, 0.5) is 0 Å². The van der Waals surface area contributed by atoms with E-state index in [4.69, 9.17) is 4.42 Å². The van der Waals surface area contributed by atoms with Gasteiger partial charge in [0.25, 0.3) is 5.91 Å². The summed E-state index contributed by atoms with van der Waals surface area (Å²) in [5.41, 5.74) is 0.0942. The van der Waals surface area contributed by atoms with E-state index in [2.05, 4.69) is 5.32 Å². The van der Waals surface area contributed by atoms with Crippen molar-refractivity contribution in [3.8, 4) is 0 Å². The Morgan fingerprint density at radius 3 is 2.90 bits per heavy atom. The van der Waals surface area contributed by atoms with E-state index in [0.717, 1.165) is 0 Å². The van der Waals surface area contributed by atoms with Crippen molar-refractivity contribution in [2.75, 3.05) is 13.1 Å². The van der Waals surface area contributed by atoms with Gasteiger partial charge in [-0.15, -0.1) is 0 Å². The molecule has 1 N–H and O–H groups in total.